The fourth-order valence-corrected chi connectivity index (χ4v) is 3.65. The van der Waals surface area contributed by atoms with Crippen molar-refractivity contribution in [1.29, 1.82) is 0 Å². The zero-order chi connectivity index (χ0) is 20.3. The van der Waals surface area contributed by atoms with Crippen LogP contribution in [0.5, 0.6) is 0 Å². The molecule has 7 heteroatoms. The zero-order valence-corrected chi connectivity index (χ0v) is 16.3. The van der Waals surface area contributed by atoms with Gasteiger partial charge in [-0.05, 0) is 12.1 Å². The highest BCUT2D eigenvalue weighted by atomic mass is 16.2. The molecule has 1 saturated heterocycles. The maximum absolute atomic E-state index is 12.9. The summed E-state index contributed by atoms with van der Waals surface area (Å²) >= 11 is 0. The van der Waals surface area contributed by atoms with E-state index in [4.69, 9.17) is 0 Å². The number of piperazine rings is 1. The Kier molecular flexibility index (Phi) is 4.77. The number of rotatable bonds is 3. The number of amides is 1. The van der Waals surface area contributed by atoms with Crippen molar-refractivity contribution in [3.05, 3.63) is 78.9 Å². The molecule has 1 fully saturated rings. The minimum atomic E-state index is -0.0828. The molecule has 0 bridgehead atoms. The molecule has 7 nitrogen and oxygen atoms in total. The number of aromatic nitrogens is 4. The Bertz CT molecular complexity index is 1190. The standard InChI is InChI=1S/C23H20N6O/c30-23(21-15-24-18-8-4-5-9-19(18)27-21)29-12-10-28(11-13-29)22-14-20(25-16-26-22)17-6-2-1-3-7-17/h1-9,14-16H,10-13H2. The van der Waals surface area contributed by atoms with Gasteiger partial charge in [0.15, 0.2) is 0 Å². The van der Waals surface area contributed by atoms with E-state index in [2.05, 4.69) is 24.8 Å². The highest BCUT2D eigenvalue weighted by Gasteiger charge is 2.24. The van der Waals surface area contributed by atoms with E-state index in [-0.39, 0.29) is 5.91 Å². The van der Waals surface area contributed by atoms with Crippen molar-refractivity contribution in [2.24, 2.45) is 0 Å². The molecule has 1 aliphatic rings. The Morgan fingerprint density at radius 1 is 0.800 bits per heavy atom. The third kappa shape index (κ3) is 3.57. The Labute approximate surface area is 174 Å². The molecule has 30 heavy (non-hydrogen) atoms. The van der Waals surface area contributed by atoms with Gasteiger partial charge in [0.1, 0.15) is 17.8 Å². The second-order valence-electron chi connectivity index (χ2n) is 7.15. The van der Waals surface area contributed by atoms with Crippen LogP contribution in [0, 0.1) is 0 Å². The van der Waals surface area contributed by atoms with Crippen molar-refractivity contribution in [3.63, 3.8) is 0 Å². The Morgan fingerprint density at radius 3 is 2.33 bits per heavy atom. The van der Waals surface area contributed by atoms with E-state index in [1.165, 1.54) is 0 Å². The largest absolute Gasteiger partial charge is 0.353 e. The van der Waals surface area contributed by atoms with Crippen molar-refractivity contribution in [3.8, 4) is 11.3 Å². The SMILES string of the molecule is O=C(c1cnc2ccccc2n1)N1CCN(c2cc(-c3ccccc3)ncn2)CC1. The van der Waals surface area contributed by atoms with Crippen LogP contribution >= 0.6 is 0 Å². The Balaban J connectivity index is 1.28. The van der Waals surface area contributed by atoms with Gasteiger partial charge >= 0.3 is 0 Å². The molecule has 0 radical (unpaired) electrons. The number of para-hydroxylation sites is 2. The second kappa shape index (κ2) is 7.87. The number of anilines is 1. The van der Waals surface area contributed by atoms with Crippen LogP contribution in [0.2, 0.25) is 0 Å². The van der Waals surface area contributed by atoms with Crippen molar-refractivity contribution in [1.82, 2.24) is 24.8 Å². The summed E-state index contributed by atoms with van der Waals surface area (Å²) < 4.78 is 0. The summed E-state index contributed by atoms with van der Waals surface area (Å²) in [5, 5.41) is 0. The number of benzene rings is 2. The molecule has 5 rings (SSSR count). The third-order valence-electron chi connectivity index (χ3n) is 5.28. The lowest BCUT2D eigenvalue weighted by molar-refractivity contribution is 0.0740. The van der Waals surface area contributed by atoms with Gasteiger partial charge in [0.05, 0.1) is 22.9 Å². The number of carbonyl (C=O) groups excluding carboxylic acids is 1. The summed E-state index contributed by atoms with van der Waals surface area (Å²) in [4.78, 5) is 34.6. The van der Waals surface area contributed by atoms with Gasteiger partial charge in [-0.25, -0.2) is 15.0 Å². The third-order valence-corrected chi connectivity index (χ3v) is 5.28. The van der Waals surface area contributed by atoms with Crippen molar-refractivity contribution >= 4 is 22.8 Å². The van der Waals surface area contributed by atoms with Crippen LogP contribution in [-0.4, -0.2) is 56.9 Å². The molecule has 0 saturated carbocycles. The smallest absolute Gasteiger partial charge is 0.274 e. The summed E-state index contributed by atoms with van der Waals surface area (Å²) in [5.74, 6) is 0.794. The van der Waals surface area contributed by atoms with Crippen LogP contribution in [0.15, 0.2) is 73.2 Å². The number of fused-ring (bicyclic) bond motifs is 1. The normalized spacial score (nSPS) is 14.1. The first-order valence-electron chi connectivity index (χ1n) is 9.91. The average molecular weight is 396 g/mol. The highest BCUT2D eigenvalue weighted by Crippen LogP contribution is 2.21. The monoisotopic (exact) mass is 396 g/mol. The molecule has 148 valence electrons. The average Bonchev–Trinajstić information content (AvgIpc) is 2.84. The van der Waals surface area contributed by atoms with Crippen LogP contribution in [0.4, 0.5) is 5.82 Å². The van der Waals surface area contributed by atoms with Gasteiger partial charge in [0.25, 0.3) is 5.91 Å². The quantitative estimate of drug-likeness (QED) is 0.530. The number of hydrogen-bond acceptors (Lipinski definition) is 6. The van der Waals surface area contributed by atoms with E-state index in [9.17, 15) is 4.79 Å². The number of carbonyl (C=O) groups is 1. The summed E-state index contributed by atoms with van der Waals surface area (Å²) in [6.45, 7) is 2.63. The fourth-order valence-electron chi connectivity index (χ4n) is 3.65. The summed E-state index contributed by atoms with van der Waals surface area (Å²) in [6, 6.07) is 19.6. The maximum Gasteiger partial charge on any atom is 0.274 e. The second-order valence-corrected chi connectivity index (χ2v) is 7.15. The molecular formula is C23H20N6O. The fraction of sp³-hybridized carbons (Fsp3) is 0.174. The predicted molar refractivity (Wildman–Crippen MR) is 115 cm³/mol. The minimum absolute atomic E-state index is 0.0828. The first-order valence-corrected chi connectivity index (χ1v) is 9.91. The molecule has 1 aliphatic heterocycles. The van der Waals surface area contributed by atoms with Gasteiger partial charge in [0, 0.05) is 37.8 Å². The lowest BCUT2D eigenvalue weighted by atomic mass is 10.1. The number of nitrogens with zero attached hydrogens (tertiary/aromatic N) is 6. The van der Waals surface area contributed by atoms with E-state index in [1.54, 1.807) is 12.5 Å². The van der Waals surface area contributed by atoms with Gasteiger partial charge < -0.3 is 9.80 Å². The van der Waals surface area contributed by atoms with E-state index in [1.807, 2.05) is 65.6 Å². The van der Waals surface area contributed by atoms with Gasteiger partial charge in [0.2, 0.25) is 0 Å². The zero-order valence-electron chi connectivity index (χ0n) is 16.3. The van der Waals surface area contributed by atoms with Crippen LogP contribution in [-0.2, 0) is 0 Å². The topological polar surface area (TPSA) is 75.1 Å². The van der Waals surface area contributed by atoms with Gasteiger partial charge in [-0.3, -0.25) is 9.78 Å². The van der Waals surface area contributed by atoms with Crippen LogP contribution in [0.25, 0.3) is 22.3 Å². The van der Waals surface area contributed by atoms with Gasteiger partial charge in [-0.1, -0.05) is 42.5 Å². The number of hydrogen-bond donors (Lipinski definition) is 0. The molecule has 0 N–H and O–H groups in total. The molecule has 0 spiro atoms. The Morgan fingerprint density at radius 2 is 1.53 bits per heavy atom. The molecule has 0 atom stereocenters. The van der Waals surface area contributed by atoms with Gasteiger partial charge in [-0.2, -0.15) is 0 Å². The van der Waals surface area contributed by atoms with Crippen molar-refractivity contribution < 1.29 is 4.79 Å². The minimum Gasteiger partial charge on any atom is -0.353 e. The van der Waals surface area contributed by atoms with Crippen molar-refractivity contribution in [2.75, 3.05) is 31.1 Å². The van der Waals surface area contributed by atoms with Gasteiger partial charge in [-0.15, -0.1) is 0 Å². The molecular weight excluding hydrogens is 376 g/mol. The van der Waals surface area contributed by atoms with Crippen molar-refractivity contribution in [2.45, 2.75) is 0 Å². The van der Waals surface area contributed by atoms with E-state index in [0.29, 0.717) is 31.9 Å². The summed E-state index contributed by atoms with van der Waals surface area (Å²) in [7, 11) is 0. The molecule has 2 aromatic carbocycles. The van der Waals surface area contributed by atoms with Crippen LogP contribution in [0.3, 0.4) is 0 Å². The molecule has 0 aliphatic carbocycles. The molecule has 0 unspecified atom stereocenters. The summed E-state index contributed by atoms with van der Waals surface area (Å²) in [5.41, 5.74) is 3.86. The van der Waals surface area contributed by atoms with Crippen LogP contribution < -0.4 is 4.90 Å². The molecule has 4 aromatic rings. The maximum atomic E-state index is 12.9. The predicted octanol–water partition coefficient (Wildman–Crippen LogP) is 3.05. The lowest BCUT2D eigenvalue weighted by Crippen LogP contribution is -2.49. The molecule has 2 aromatic heterocycles. The van der Waals surface area contributed by atoms with E-state index < -0.39 is 0 Å². The molecule has 1 amide bonds. The highest BCUT2D eigenvalue weighted by molar-refractivity contribution is 5.94. The lowest BCUT2D eigenvalue weighted by Gasteiger charge is -2.35. The first kappa shape index (κ1) is 18.2. The first-order chi connectivity index (χ1) is 14.8. The molecule has 3 heterocycles. The van der Waals surface area contributed by atoms with Crippen LogP contribution in [0.1, 0.15) is 10.5 Å². The summed E-state index contributed by atoms with van der Waals surface area (Å²) in [6.07, 6.45) is 3.16. The Hall–Kier alpha value is -3.87. The van der Waals surface area contributed by atoms with E-state index in [0.717, 1.165) is 28.1 Å². The van der Waals surface area contributed by atoms with E-state index >= 15 is 0 Å².